The van der Waals surface area contributed by atoms with E-state index in [0.29, 0.717) is 0 Å². The van der Waals surface area contributed by atoms with Crippen molar-refractivity contribution >= 4 is 0 Å². The van der Waals surface area contributed by atoms with Crippen molar-refractivity contribution in [2.75, 3.05) is 0 Å². The first-order valence-electron chi connectivity index (χ1n) is 9.80. The quantitative estimate of drug-likeness (QED) is 0.319. The average molecular weight is 361 g/mol. The molecule has 0 aromatic heterocycles. The molecule has 4 aromatic rings. The second-order valence-corrected chi connectivity index (χ2v) is 6.98. The first-order chi connectivity index (χ1) is 13.9. The van der Waals surface area contributed by atoms with Crippen LogP contribution in [0.1, 0.15) is 34.1 Å². The number of hydrogen-bond donors (Lipinski definition) is 0. The van der Waals surface area contributed by atoms with Crippen molar-refractivity contribution < 1.29 is 0 Å². The van der Waals surface area contributed by atoms with E-state index in [2.05, 4.69) is 133 Å². The summed E-state index contributed by atoms with van der Waals surface area (Å²) in [5, 5.41) is 0. The summed E-state index contributed by atoms with van der Waals surface area (Å²) in [5.41, 5.74) is 5.24. The van der Waals surface area contributed by atoms with Crippen LogP contribution in [-0.2, 0) is 0 Å². The predicted molar refractivity (Wildman–Crippen MR) is 119 cm³/mol. The van der Waals surface area contributed by atoms with Crippen molar-refractivity contribution in [3.63, 3.8) is 0 Å². The van der Waals surface area contributed by atoms with Crippen molar-refractivity contribution in [1.82, 2.24) is 0 Å². The SMILES string of the molecule is C(=C\C(c1ccccc1)c1ccccc1)/C(c1ccccc1)c1ccccc1. The van der Waals surface area contributed by atoms with E-state index in [0.717, 1.165) is 0 Å². The zero-order chi connectivity index (χ0) is 19.0. The van der Waals surface area contributed by atoms with Gasteiger partial charge in [0.25, 0.3) is 0 Å². The summed E-state index contributed by atoms with van der Waals surface area (Å²) < 4.78 is 0. The van der Waals surface area contributed by atoms with Crippen LogP contribution in [0.5, 0.6) is 0 Å². The Morgan fingerprint density at radius 1 is 0.321 bits per heavy atom. The number of rotatable bonds is 6. The molecule has 0 spiro atoms. The summed E-state index contributed by atoms with van der Waals surface area (Å²) in [5.74, 6) is 0.467. The van der Waals surface area contributed by atoms with E-state index in [-0.39, 0.29) is 11.8 Å². The highest BCUT2D eigenvalue weighted by molar-refractivity contribution is 5.41. The molecule has 28 heavy (non-hydrogen) atoms. The van der Waals surface area contributed by atoms with Gasteiger partial charge in [0.2, 0.25) is 0 Å². The van der Waals surface area contributed by atoms with E-state index in [1.165, 1.54) is 22.3 Å². The molecule has 0 heterocycles. The molecule has 0 unspecified atom stereocenters. The molecule has 4 rings (SSSR count). The van der Waals surface area contributed by atoms with Gasteiger partial charge in [-0.05, 0) is 22.3 Å². The summed E-state index contributed by atoms with van der Waals surface area (Å²) in [6, 6.07) is 42.9. The van der Waals surface area contributed by atoms with Crippen LogP contribution in [0.15, 0.2) is 133 Å². The molecule has 0 aliphatic heterocycles. The van der Waals surface area contributed by atoms with E-state index < -0.39 is 0 Å². The Kier molecular flexibility index (Phi) is 5.80. The summed E-state index contributed by atoms with van der Waals surface area (Å²) in [4.78, 5) is 0. The number of allylic oxidation sites excluding steroid dienone is 2. The van der Waals surface area contributed by atoms with Crippen LogP contribution in [-0.4, -0.2) is 0 Å². The Labute approximate surface area is 167 Å². The lowest BCUT2D eigenvalue weighted by Crippen LogP contribution is -2.01. The van der Waals surface area contributed by atoms with Crippen molar-refractivity contribution in [1.29, 1.82) is 0 Å². The standard InChI is InChI=1S/C28H24/c1-5-13-23(14-6-1)27(24-15-7-2-8-16-24)21-22-28(25-17-9-3-10-18-25)26-19-11-4-12-20-26/h1-22,27-28H/b22-21+. The highest BCUT2D eigenvalue weighted by Crippen LogP contribution is 2.30. The molecule has 0 saturated carbocycles. The minimum Gasteiger partial charge on any atom is -0.0757 e. The first-order valence-corrected chi connectivity index (χ1v) is 9.80. The zero-order valence-corrected chi connectivity index (χ0v) is 15.9. The van der Waals surface area contributed by atoms with Gasteiger partial charge in [-0.3, -0.25) is 0 Å². The second kappa shape index (κ2) is 9.01. The fraction of sp³-hybridized carbons (Fsp3) is 0.0714. The summed E-state index contributed by atoms with van der Waals surface area (Å²) >= 11 is 0. The topological polar surface area (TPSA) is 0 Å². The summed E-state index contributed by atoms with van der Waals surface area (Å²) in [6.45, 7) is 0. The lowest BCUT2D eigenvalue weighted by molar-refractivity contribution is 0.972. The third-order valence-corrected chi connectivity index (χ3v) is 5.13. The Bertz CT molecular complexity index is 823. The molecule has 0 aliphatic carbocycles. The van der Waals surface area contributed by atoms with Crippen molar-refractivity contribution in [3.05, 3.63) is 156 Å². The lowest BCUT2D eigenvalue weighted by Gasteiger charge is -2.18. The summed E-state index contributed by atoms with van der Waals surface area (Å²) in [7, 11) is 0. The molecular weight excluding hydrogens is 336 g/mol. The van der Waals surface area contributed by atoms with Crippen LogP contribution >= 0.6 is 0 Å². The normalized spacial score (nSPS) is 11.4. The van der Waals surface area contributed by atoms with Crippen molar-refractivity contribution in [2.24, 2.45) is 0 Å². The van der Waals surface area contributed by atoms with Gasteiger partial charge in [0.15, 0.2) is 0 Å². The number of benzene rings is 4. The molecule has 0 fully saturated rings. The Hall–Kier alpha value is -3.38. The van der Waals surface area contributed by atoms with Gasteiger partial charge in [0.1, 0.15) is 0 Å². The van der Waals surface area contributed by atoms with Gasteiger partial charge in [-0.1, -0.05) is 133 Å². The van der Waals surface area contributed by atoms with Gasteiger partial charge in [0.05, 0.1) is 0 Å². The van der Waals surface area contributed by atoms with E-state index >= 15 is 0 Å². The van der Waals surface area contributed by atoms with Crippen LogP contribution in [0.2, 0.25) is 0 Å². The smallest absolute Gasteiger partial charge is 0.0269 e. The first kappa shape index (κ1) is 18.0. The fourth-order valence-corrected chi connectivity index (χ4v) is 3.69. The van der Waals surface area contributed by atoms with E-state index in [1.807, 2.05) is 0 Å². The second-order valence-electron chi connectivity index (χ2n) is 6.98. The lowest BCUT2D eigenvalue weighted by atomic mass is 9.86. The molecule has 0 saturated heterocycles. The van der Waals surface area contributed by atoms with Gasteiger partial charge in [0, 0.05) is 11.8 Å². The average Bonchev–Trinajstić information content (AvgIpc) is 2.79. The minimum atomic E-state index is 0.234. The van der Waals surface area contributed by atoms with Crippen LogP contribution in [0.4, 0.5) is 0 Å². The van der Waals surface area contributed by atoms with Gasteiger partial charge in [-0.15, -0.1) is 0 Å². The molecule has 0 amide bonds. The maximum absolute atomic E-state index is 2.36. The van der Waals surface area contributed by atoms with Crippen LogP contribution < -0.4 is 0 Å². The maximum Gasteiger partial charge on any atom is 0.0269 e. The van der Waals surface area contributed by atoms with Crippen LogP contribution in [0.25, 0.3) is 0 Å². The third-order valence-electron chi connectivity index (χ3n) is 5.13. The molecule has 0 heteroatoms. The van der Waals surface area contributed by atoms with E-state index in [9.17, 15) is 0 Å². The molecule has 0 bridgehead atoms. The molecule has 4 aromatic carbocycles. The molecule has 136 valence electrons. The fourth-order valence-electron chi connectivity index (χ4n) is 3.69. The zero-order valence-electron chi connectivity index (χ0n) is 15.9. The largest absolute Gasteiger partial charge is 0.0757 e. The third kappa shape index (κ3) is 4.29. The minimum absolute atomic E-state index is 0.234. The maximum atomic E-state index is 2.36. The molecular formula is C28H24. The molecule has 0 aliphatic rings. The predicted octanol–water partition coefficient (Wildman–Crippen LogP) is 7.21. The molecule has 0 nitrogen and oxygen atoms in total. The Morgan fingerprint density at radius 2 is 0.536 bits per heavy atom. The molecule has 0 atom stereocenters. The van der Waals surface area contributed by atoms with Gasteiger partial charge in [-0.2, -0.15) is 0 Å². The van der Waals surface area contributed by atoms with Gasteiger partial charge >= 0.3 is 0 Å². The summed E-state index contributed by atoms with van der Waals surface area (Å²) in [6.07, 6.45) is 4.71. The van der Waals surface area contributed by atoms with E-state index in [1.54, 1.807) is 0 Å². The van der Waals surface area contributed by atoms with Crippen LogP contribution in [0.3, 0.4) is 0 Å². The molecule has 0 N–H and O–H groups in total. The molecule has 0 radical (unpaired) electrons. The van der Waals surface area contributed by atoms with Gasteiger partial charge in [-0.25, -0.2) is 0 Å². The van der Waals surface area contributed by atoms with Crippen LogP contribution in [0, 0.1) is 0 Å². The van der Waals surface area contributed by atoms with Gasteiger partial charge < -0.3 is 0 Å². The Balaban J connectivity index is 1.75. The Morgan fingerprint density at radius 3 is 0.750 bits per heavy atom. The highest BCUT2D eigenvalue weighted by Gasteiger charge is 2.14. The highest BCUT2D eigenvalue weighted by atomic mass is 14.2. The number of hydrogen-bond acceptors (Lipinski definition) is 0. The van der Waals surface area contributed by atoms with Crippen molar-refractivity contribution in [3.8, 4) is 0 Å². The van der Waals surface area contributed by atoms with Crippen molar-refractivity contribution in [2.45, 2.75) is 11.8 Å². The van der Waals surface area contributed by atoms with E-state index in [4.69, 9.17) is 0 Å². The monoisotopic (exact) mass is 360 g/mol.